The first-order chi connectivity index (χ1) is 4.63. The van der Waals surface area contributed by atoms with Crippen molar-refractivity contribution >= 4 is 5.91 Å². The smallest absolute Gasteiger partial charge is 0.304 e. The second-order valence-electron chi connectivity index (χ2n) is 1.42. The summed E-state index contributed by atoms with van der Waals surface area (Å²) in [7, 11) is 1.36. The fourth-order valence-electron chi connectivity index (χ4n) is 0.399. The third-order valence-electron chi connectivity index (χ3n) is 0.832. The molecule has 58 valence electrons. The Labute approximate surface area is 57.3 Å². The van der Waals surface area contributed by atoms with Crippen LogP contribution < -0.4 is 16.6 Å². The third-order valence-corrected chi connectivity index (χ3v) is 0.832. The Hall–Kier alpha value is -1.43. The van der Waals surface area contributed by atoms with Crippen molar-refractivity contribution in [3.8, 4) is 0 Å². The van der Waals surface area contributed by atoms with E-state index in [4.69, 9.17) is 16.1 Å². The van der Waals surface area contributed by atoms with Crippen molar-refractivity contribution < 1.29 is 15.0 Å². The number of carbonyl (C=O) groups is 1. The van der Waals surface area contributed by atoms with Gasteiger partial charge in [0.05, 0.1) is 0 Å². The topological polar surface area (TPSA) is 108 Å². The first kappa shape index (κ1) is 8.57. The summed E-state index contributed by atoms with van der Waals surface area (Å²) in [6.45, 7) is 0. The van der Waals surface area contributed by atoms with Gasteiger partial charge < -0.3 is 15.5 Å². The van der Waals surface area contributed by atoms with Crippen LogP contribution in [0.25, 0.3) is 0 Å². The van der Waals surface area contributed by atoms with E-state index in [-0.39, 0.29) is 5.70 Å². The van der Waals surface area contributed by atoms with Crippen LogP contribution in [0.2, 0.25) is 0 Å². The molecular formula is C4H9N3O3. The Morgan fingerprint density at radius 2 is 2.00 bits per heavy atom. The van der Waals surface area contributed by atoms with E-state index in [1.165, 1.54) is 7.05 Å². The molecule has 0 aliphatic rings. The quantitative estimate of drug-likeness (QED) is 0.107. The van der Waals surface area contributed by atoms with Crippen molar-refractivity contribution in [1.82, 2.24) is 10.7 Å². The van der Waals surface area contributed by atoms with E-state index in [1.807, 2.05) is 0 Å². The monoisotopic (exact) mass is 147 g/mol. The van der Waals surface area contributed by atoms with Gasteiger partial charge in [-0.2, -0.15) is 0 Å². The number of hydrogen-bond acceptors (Lipinski definition) is 5. The molecule has 0 aliphatic carbocycles. The largest absolute Gasteiger partial charge is 0.479 e. The maximum atomic E-state index is 10.5. The molecule has 0 aliphatic heterocycles. The van der Waals surface area contributed by atoms with E-state index >= 15 is 0 Å². The summed E-state index contributed by atoms with van der Waals surface area (Å²) in [6, 6.07) is 0. The number of aliphatic hydroxyl groups excluding tert-OH is 1. The molecule has 0 fully saturated rings. The lowest BCUT2D eigenvalue weighted by molar-refractivity contribution is -0.118. The van der Waals surface area contributed by atoms with Crippen molar-refractivity contribution in [2.24, 2.45) is 5.84 Å². The number of likely N-dealkylation sites (N-methyl/N-ethyl adjacent to an activating group) is 1. The van der Waals surface area contributed by atoms with Gasteiger partial charge in [0.1, 0.15) is 0 Å². The van der Waals surface area contributed by atoms with Crippen LogP contribution in [0.4, 0.5) is 0 Å². The molecule has 6 nitrogen and oxygen atoms in total. The molecule has 1 amide bonds. The molecule has 0 atom stereocenters. The summed E-state index contributed by atoms with van der Waals surface area (Å²) in [5.74, 6) is 2.81. The Kier molecular flexibility index (Phi) is 3.06. The van der Waals surface area contributed by atoms with Gasteiger partial charge in [0, 0.05) is 7.05 Å². The standard InChI is InChI=1S/C4H9N3O3/c1-6-2(4(9)10)3(8)7-5/h6,9-10H,5H2,1H3,(H,7,8). The zero-order valence-corrected chi connectivity index (χ0v) is 5.38. The molecule has 0 radical (unpaired) electrons. The Bertz CT molecular complexity index is 161. The SMILES string of the molecule is CNC(C(=O)NN)=C(O)O. The summed E-state index contributed by atoms with van der Waals surface area (Å²) in [4.78, 5) is 10.5. The minimum atomic E-state index is -1.09. The fourth-order valence-corrected chi connectivity index (χ4v) is 0.399. The molecule has 6 N–H and O–H groups in total. The summed E-state index contributed by atoms with van der Waals surface area (Å²) >= 11 is 0. The number of hydrogen-bond donors (Lipinski definition) is 5. The second kappa shape index (κ2) is 3.57. The van der Waals surface area contributed by atoms with E-state index in [0.717, 1.165) is 0 Å². The molecule has 0 aromatic rings. The van der Waals surface area contributed by atoms with E-state index < -0.39 is 11.9 Å². The highest BCUT2D eigenvalue weighted by atomic mass is 16.5. The Morgan fingerprint density at radius 1 is 1.50 bits per heavy atom. The highest BCUT2D eigenvalue weighted by Crippen LogP contribution is 1.90. The van der Waals surface area contributed by atoms with E-state index in [9.17, 15) is 4.79 Å². The number of hydrazine groups is 1. The number of nitrogens with one attached hydrogen (secondary N) is 2. The maximum absolute atomic E-state index is 10.5. The second-order valence-corrected chi connectivity index (χ2v) is 1.42. The number of amides is 1. The number of carbonyl (C=O) groups excluding carboxylic acids is 1. The van der Waals surface area contributed by atoms with E-state index in [2.05, 4.69) is 5.32 Å². The van der Waals surface area contributed by atoms with Gasteiger partial charge in [-0.05, 0) is 0 Å². The van der Waals surface area contributed by atoms with Crippen LogP contribution in [0.5, 0.6) is 0 Å². The Morgan fingerprint density at radius 3 is 2.10 bits per heavy atom. The molecule has 0 saturated carbocycles. The van der Waals surface area contributed by atoms with Crippen LogP contribution in [-0.4, -0.2) is 23.2 Å². The van der Waals surface area contributed by atoms with Crippen LogP contribution in [0.1, 0.15) is 0 Å². The zero-order chi connectivity index (χ0) is 8.15. The lowest BCUT2D eigenvalue weighted by Crippen LogP contribution is -2.36. The maximum Gasteiger partial charge on any atom is 0.304 e. The molecule has 6 heteroatoms. The molecule has 0 rings (SSSR count). The highest BCUT2D eigenvalue weighted by Gasteiger charge is 2.10. The molecule has 0 saturated heterocycles. The van der Waals surface area contributed by atoms with E-state index in [0.29, 0.717) is 0 Å². The van der Waals surface area contributed by atoms with Crippen LogP contribution >= 0.6 is 0 Å². The number of aliphatic hydroxyl groups is 2. The number of nitrogens with two attached hydrogens (primary N) is 1. The minimum Gasteiger partial charge on any atom is -0.479 e. The predicted molar refractivity (Wildman–Crippen MR) is 33.7 cm³/mol. The lowest BCUT2D eigenvalue weighted by atomic mass is 10.4. The fraction of sp³-hybridized carbons (Fsp3) is 0.250. The van der Waals surface area contributed by atoms with Crippen LogP contribution in [0, 0.1) is 0 Å². The average molecular weight is 147 g/mol. The molecule has 0 unspecified atom stereocenters. The zero-order valence-electron chi connectivity index (χ0n) is 5.38. The normalized spacial score (nSPS) is 8.20. The molecule has 0 heterocycles. The molecule has 0 aromatic heterocycles. The highest BCUT2D eigenvalue weighted by molar-refractivity contribution is 5.92. The van der Waals surface area contributed by atoms with Gasteiger partial charge in [-0.3, -0.25) is 10.2 Å². The van der Waals surface area contributed by atoms with Crippen molar-refractivity contribution in [2.45, 2.75) is 0 Å². The first-order valence-corrected chi connectivity index (χ1v) is 2.44. The average Bonchev–Trinajstić information content (AvgIpc) is 1.88. The van der Waals surface area contributed by atoms with Crippen LogP contribution in [-0.2, 0) is 4.79 Å². The summed E-state index contributed by atoms with van der Waals surface area (Å²) in [5, 5.41) is 19.0. The van der Waals surface area contributed by atoms with E-state index in [1.54, 1.807) is 5.43 Å². The van der Waals surface area contributed by atoms with Gasteiger partial charge in [0.25, 0.3) is 5.91 Å². The van der Waals surface area contributed by atoms with Gasteiger partial charge in [-0.25, -0.2) is 5.84 Å². The van der Waals surface area contributed by atoms with Gasteiger partial charge in [0.2, 0.25) is 0 Å². The summed E-state index contributed by atoms with van der Waals surface area (Å²) < 4.78 is 0. The minimum absolute atomic E-state index is 0.373. The molecule has 0 aromatic carbocycles. The van der Waals surface area contributed by atoms with Crippen LogP contribution in [0.15, 0.2) is 11.6 Å². The van der Waals surface area contributed by atoms with Crippen molar-refractivity contribution in [2.75, 3.05) is 7.05 Å². The first-order valence-electron chi connectivity index (χ1n) is 2.44. The van der Waals surface area contributed by atoms with Gasteiger partial charge in [-0.1, -0.05) is 0 Å². The van der Waals surface area contributed by atoms with Crippen molar-refractivity contribution in [1.29, 1.82) is 0 Å². The third kappa shape index (κ3) is 1.82. The van der Waals surface area contributed by atoms with Gasteiger partial charge in [0.15, 0.2) is 5.70 Å². The molecule has 0 spiro atoms. The molecular weight excluding hydrogens is 138 g/mol. The van der Waals surface area contributed by atoms with Crippen molar-refractivity contribution in [3.63, 3.8) is 0 Å². The Balaban J connectivity index is 4.37. The van der Waals surface area contributed by atoms with Crippen LogP contribution in [0.3, 0.4) is 0 Å². The van der Waals surface area contributed by atoms with Gasteiger partial charge in [-0.15, -0.1) is 0 Å². The molecule has 0 bridgehead atoms. The van der Waals surface area contributed by atoms with Gasteiger partial charge >= 0.3 is 5.95 Å². The predicted octanol–water partition coefficient (Wildman–Crippen LogP) is -1.52. The lowest BCUT2D eigenvalue weighted by Gasteiger charge is -2.02. The van der Waals surface area contributed by atoms with Crippen molar-refractivity contribution in [3.05, 3.63) is 11.6 Å². The summed E-state index contributed by atoms with van der Waals surface area (Å²) in [6.07, 6.45) is 0. The number of rotatable bonds is 2. The summed E-state index contributed by atoms with van der Waals surface area (Å²) in [5.41, 5.74) is 1.35. The molecule has 10 heavy (non-hydrogen) atoms.